The van der Waals surface area contributed by atoms with Gasteiger partial charge >= 0.3 is 0 Å². The fourth-order valence-corrected chi connectivity index (χ4v) is 2.26. The highest BCUT2D eigenvalue weighted by Gasteiger charge is 2.16. The van der Waals surface area contributed by atoms with Gasteiger partial charge in [0, 0.05) is 25.9 Å². The van der Waals surface area contributed by atoms with Gasteiger partial charge in [0.15, 0.2) is 0 Å². The van der Waals surface area contributed by atoms with Crippen LogP contribution >= 0.6 is 0 Å². The molecule has 90 valence electrons. The molecule has 0 amide bonds. The number of hydrogen-bond donors (Lipinski definition) is 0. The van der Waals surface area contributed by atoms with Crippen LogP contribution in [0.15, 0.2) is 24.3 Å². The normalized spacial score (nSPS) is 19.6. The van der Waals surface area contributed by atoms with Crippen molar-refractivity contribution in [2.75, 3.05) is 31.7 Å². The minimum absolute atomic E-state index is 0.611. The summed E-state index contributed by atoms with van der Waals surface area (Å²) in [7, 11) is 2.07. The second-order valence-corrected chi connectivity index (χ2v) is 4.63. The first-order valence-electron chi connectivity index (χ1n) is 6.08. The molecule has 0 spiro atoms. The Balaban J connectivity index is 1.98. The Morgan fingerprint density at radius 3 is 3.12 bits per heavy atom. The molecule has 3 nitrogen and oxygen atoms in total. The molecule has 0 N–H and O–H groups in total. The lowest BCUT2D eigenvalue weighted by Crippen LogP contribution is -2.30. The number of anilines is 1. The van der Waals surface area contributed by atoms with Gasteiger partial charge in [-0.3, -0.25) is 0 Å². The fourth-order valence-electron chi connectivity index (χ4n) is 2.26. The zero-order valence-electron chi connectivity index (χ0n) is 10.2. The molecule has 0 saturated carbocycles. The Kier molecular flexibility index (Phi) is 4.00. The third-order valence-electron chi connectivity index (χ3n) is 3.20. The van der Waals surface area contributed by atoms with Crippen molar-refractivity contribution in [2.24, 2.45) is 5.92 Å². The van der Waals surface area contributed by atoms with Crippen molar-refractivity contribution in [2.45, 2.75) is 12.8 Å². The van der Waals surface area contributed by atoms with Gasteiger partial charge in [-0.1, -0.05) is 6.07 Å². The maximum Gasteiger partial charge on any atom is 0.0992 e. The SMILES string of the molecule is CN(CC1CCCOC1)c1cccc(C#N)c1. The van der Waals surface area contributed by atoms with Crippen LogP contribution in [0.2, 0.25) is 0 Å². The molecule has 1 aliphatic rings. The van der Waals surface area contributed by atoms with E-state index < -0.39 is 0 Å². The average Bonchev–Trinajstić information content (AvgIpc) is 2.40. The van der Waals surface area contributed by atoms with Gasteiger partial charge in [0.05, 0.1) is 18.2 Å². The maximum atomic E-state index is 8.88. The molecule has 1 unspecified atom stereocenters. The van der Waals surface area contributed by atoms with Crippen LogP contribution in [0.1, 0.15) is 18.4 Å². The van der Waals surface area contributed by atoms with Gasteiger partial charge in [0.2, 0.25) is 0 Å². The highest BCUT2D eigenvalue weighted by molar-refractivity contribution is 5.50. The zero-order valence-corrected chi connectivity index (χ0v) is 10.2. The Bertz CT molecular complexity index is 405. The first-order chi connectivity index (χ1) is 8.29. The standard InChI is InChI=1S/C14H18N2O/c1-16(10-13-5-3-7-17-11-13)14-6-2-4-12(8-14)9-15/h2,4,6,8,13H,3,5,7,10-11H2,1H3. The van der Waals surface area contributed by atoms with E-state index in [1.54, 1.807) is 0 Å². The number of benzene rings is 1. The molecule has 0 aromatic heterocycles. The molecule has 1 aromatic rings. The smallest absolute Gasteiger partial charge is 0.0992 e. The molecule has 0 radical (unpaired) electrons. The number of ether oxygens (including phenoxy) is 1. The summed E-state index contributed by atoms with van der Waals surface area (Å²) in [6.45, 7) is 2.77. The first-order valence-corrected chi connectivity index (χ1v) is 6.08. The van der Waals surface area contributed by atoms with E-state index in [1.165, 1.54) is 6.42 Å². The second-order valence-electron chi connectivity index (χ2n) is 4.63. The van der Waals surface area contributed by atoms with Crippen LogP contribution < -0.4 is 4.90 Å². The van der Waals surface area contributed by atoms with E-state index in [9.17, 15) is 0 Å². The number of rotatable bonds is 3. The van der Waals surface area contributed by atoms with E-state index in [-0.39, 0.29) is 0 Å². The van der Waals surface area contributed by atoms with Gasteiger partial charge in [0.1, 0.15) is 0 Å². The molecular weight excluding hydrogens is 212 g/mol. The summed E-state index contributed by atoms with van der Waals surface area (Å²) in [6, 6.07) is 9.92. The Hall–Kier alpha value is -1.53. The maximum absolute atomic E-state index is 8.88. The number of nitriles is 1. The van der Waals surface area contributed by atoms with Crippen molar-refractivity contribution in [1.29, 1.82) is 5.26 Å². The minimum atomic E-state index is 0.611. The molecule has 0 aliphatic carbocycles. The summed E-state index contributed by atoms with van der Waals surface area (Å²) in [5.74, 6) is 0.611. The van der Waals surface area contributed by atoms with Gasteiger partial charge < -0.3 is 9.64 Å². The molecule has 1 fully saturated rings. The molecule has 1 atom stereocenters. The van der Waals surface area contributed by atoms with Gasteiger partial charge in [-0.15, -0.1) is 0 Å². The summed E-state index contributed by atoms with van der Waals surface area (Å²) >= 11 is 0. The lowest BCUT2D eigenvalue weighted by molar-refractivity contribution is 0.0576. The van der Waals surface area contributed by atoms with Crippen LogP contribution in [0, 0.1) is 17.2 Å². The number of hydrogen-bond acceptors (Lipinski definition) is 3. The summed E-state index contributed by atoms with van der Waals surface area (Å²) in [5.41, 5.74) is 1.82. The lowest BCUT2D eigenvalue weighted by atomic mass is 10.0. The van der Waals surface area contributed by atoms with Crippen LogP contribution in [0.3, 0.4) is 0 Å². The highest BCUT2D eigenvalue weighted by atomic mass is 16.5. The van der Waals surface area contributed by atoms with Crippen molar-refractivity contribution in [3.05, 3.63) is 29.8 Å². The van der Waals surface area contributed by atoms with Crippen LogP contribution in [-0.2, 0) is 4.74 Å². The summed E-state index contributed by atoms with van der Waals surface area (Å²) < 4.78 is 5.48. The van der Waals surface area contributed by atoms with E-state index in [1.807, 2.05) is 24.3 Å². The van der Waals surface area contributed by atoms with Crippen molar-refractivity contribution in [1.82, 2.24) is 0 Å². The van der Waals surface area contributed by atoms with Crippen LogP contribution in [-0.4, -0.2) is 26.8 Å². The van der Waals surface area contributed by atoms with E-state index in [4.69, 9.17) is 10.00 Å². The van der Waals surface area contributed by atoms with Gasteiger partial charge in [-0.2, -0.15) is 5.26 Å². The van der Waals surface area contributed by atoms with E-state index >= 15 is 0 Å². The third kappa shape index (κ3) is 3.21. The highest BCUT2D eigenvalue weighted by Crippen LogP contribution is 2.19. The molecule has 1 saturated heterocycles. The number of nitrogens with zero attached hydrogens (tertiary/aromatic N) is 2. The first kappa shape index (κ1) is 11.9. The molecular formula is C14H18N2O. The van der Waals surface area contributed by atoms with Crippen LogP contribution in [0.25, 0.3) is 0 Å². The van der Waals surface area contributed by atoms with Crippen LogP contribution in [0.4, 0.5) is 5.69 Å². The molecule has 3 heteroatoms. The van der Waals surface area contributed by atoms with Gasteiger partial charge in [-0.05, 0) is 37.0 Å². The van der Waals surface area contributed by atoms with E-state index in [2.05, 4.69) is 18.0 Å². The summed E-state index contributed by atoms with van der Waals surface area (Å²) in [5, 5.41) is 8.88. The molecule has 0 bridgehead atoms. The second kappa shape index (κ2) is 5.70. The Morgan fingerprint density at radius 2 is 2.41 bits per heavy atom. The van der Waals surface area contributed by atoms with Crippen molar-refractivity contribution < 1.29 is 4.74 Å². The quantitative estimate of drug-likeness (QED) is 0.800. The minimum Gasteiger partial charge on any atom is -0.381 e. The summed E-state index contributed by atoms with van der Waals surface area (Å²) in [4.78, 5) is 2.21. The molecule has 1 aromatic carbocycles. The van der Waals surface area contributed by atoms with Crippen molar-refractivity contribution in [3.63, 3.8) is 0 Å². The Labute approximate surface area is 103 Å². The predicted octanol–water partition coefficient (Wildman–Crippen LogP) is 2.42. The van der Waals surface area contributed by atoms with Gasteiger partial charge in [-0.25, -0.2) is 0 Å². The molecule has 1 heterocycles. The monoisotopic (exact) mass is 230 g/mol. The molecule has 1 aliphatic heterocycles. The average molecular weight is 230 g/mol. The predicted molar refractivity (Wildman–Crippen MR) is 68.0 cm³/mol. The fraction of sp³-hybridized carbons (Fsp3) is 0.500. The van der Waals surface area contributed by atoms with Crippen molar-refractivity contribution >= 4 is 5.69 Å². The topological polar surface area (TPSA) is 36.3 Å². The molecule has 2 rings (SSSR count). The van der Waals surface area contributed by atoms with E-state index in [0.29, 0.717) is 11.5 Å². The third-order valence-corrected chi connectivity index (χ3v) is 3.20. The Morgan fingerprint density at radius 1 is 1.53 bits per heavy atom. The van der Waals surface area contributed by atoms with Crippen molar-refractivity contribution in [3.8, 4) is 6.07 Å². The summed E-state index contributed by atoms with van der Waals surface area (Å²) in [6.07, 6.45) is 2.40. The largest absolute Gasteiger partial charge is 0.381 e. The van der Waals surface area contributed by atoms with Crippen LogP contribution in [0.5, 0.6) is 0 Å². The van der Waals surface area contributed by atoms with E-state index in [0.717, 1.165) is 31.9 Å². The van der Waals surface area contributed by atoms with Gasteiger partial charge in [0.25, 0.3) is 0 Å². The zero-order chi connectivity index (χ0) is 12.1. The lowest BCUT2D eigenvalue weighted by Gasteiger charge is -2.28. The molecule has 17 heavy (non-hydrogen) atoms.